The van der Waals surface area contributed by atoms with Gasteiger partial charge in [-0.3, -0.25) is 9.59 Å². The van der Waals surface area contributed by atoms with Crippen LogP contribution in [0.4, 0.5) is 15.8 Å². The van der Waals surface area contributed by atoms with E-state index in [0.717, 1.165) is 0 Å². The molecule has 0 radical (unpaired) electrons. The number of carbonyl (C=O) groups is 3. The number of rotatable bonds is 5. The summed E-state index contributed by atoms with van der Waals surface area (Å²) in [4.78, 5) is 37.8. The Hall–Kier alpha value is -3.22. The molecular weight excluding hydrogens is 351 g/mol. The highest BCUT2D eigenvalue weighted by Crippen LogP contribution is 2.26. The summed E-state index contributed by atoms with van der Waals surface area (Å²) in [7, 11) is 0. The largest absolute Gasteiger partial charge is 0.462 e. The third kappa shape index (κ3) is 4.31. The summed E-state index contributed by atoms with van der Waals surface area (Å²) >= 11 is 0. The fraction of sp³-hybridized carbons (Fsp3) is 0.250. The van der Waals surface area contributed by atoms with Crippen molar-refractivity contribution in [1.82, 2.24) is 0 Å². The summed E-state index contributed by atoms with van der Waals surface area (Å²) in [6, 6.07) is 11.9. The smallest absolute Gasteiger partial charge is 0.338 e. The van der Waals surface area contributed by atoms with E-state index in [1.807, 2.05) is 0 Å². The van der Waals surface area contributed by atoms with E-state index in [2.05, 4.69) is 5.32 Å². The van der Waals surface area contributed by atoms with E-state index >= 15 is 0 Å². The second kappa shape index (κ2) is 7.99. The van der Waals surface area contributed by atoms with Gasteiger partial charge in [0.2, 0.25) is 11.8 Å². The lowest BCUT2D eigenvalue weighted by atomic mass is 10.1. The monoisotopic (exact) mass is 370 g/mol. The van der Waals surface area contributed by atoms with Crippen molar-refractivity contribution in [3.05, 3.63) is 59.9 Å². The van der Waals surface area contributed by atoms with Crippen molar-refractivity contribution in [2.24, 2.45) is 5.92 Å². The molecule has 1 fully saturated rings. The molecule has 0 bridgehead atoms. The third-order valence-corrected chi connectivity index (χ3v) is 4.30. The van der Waals surface area contributed by atoms with Crippen molar-refractivity contribution in [2.75, 3.05) is 23.4 Å². The highest BCUT2D eigenvalue weighted by Gasteiger charge is 2.35. The van der Waals surface area contributed by atoms with Crippen molar-refractivity contribution in [1.29, 1.82) is 0 Å². The van der Waals surface area contributed by atoms with Crippen LogP contribution in [0.1, 0.15) is 23.7 Å². The van der Waals surface area contributed by atoms with Crippen LogP contribution in [0.15, 0.2) is 48.5 Å². The predicted octanol–water partition coefficient (Wildman–Crippen LogP) is 2.99. The highest BCUT2D eigenvalue weighted by atomic mass is 19.1. The van der Waals surface area contributed by atoms with E-state index in [1.54, 1.807) is 31.2 Å². The number of benzene rings is 2. The number of carbonyl (C=O) groups excluding carboxylic acids is 3. The maximum absolute atomic E-state index is 13.0. The molecule has 0 spiro atoms. The Balaban J connectivity index is 1.62. The van der Waals surface area contributed by atoms with Gasteiger partial charge in [-0.05, 0) is 55.5 Å². The number of halogens is 1. The second-order valence-electron chi connectivity index (χ2n) is 6.17. The maximum Gasteiger partial charge on any atom is 0.338 e. The molecule has 0 aliphatic carbocycles. The van der Waals surface area contributed by atoms with Crippen LogP contribution in [0.5, 0.6) is 0 Å². The molecule has 6 nitrogen and oxygen atoms in total. The highest BCUT2D eigenvalue weighted by molar-refractivity contribution is 6.03. The molecule has 0 saturated carbocycles. The van der Waals surface area contributed by atoms with Gasteiger partial charge in [0.1, 0.15) is 5.82 Å². The Labute approximate surface area is 155 Å². The number of anilines is 2. The Morgan fingerprint density at radius 3 is 2.44 bits per heavy atom. The number of hydrogen-bond acceptors (Lipinski definition) is 4. The Morgan fingerprint density at radius 2 is 1.81 bits per heavy atom. The third-order valence-electron chi connectivity index (χ3n) is 4.30. The number of ether oxygens (including phenoxy) is 1. The summed E-state index contributed by atoms with van der Waals surface area (Å²) in [5.74, 6) is -1.78. The molecule has 1 atom stereocenters. The number of hydrogen-bond donors (Lipinski definition) is 1. The standard InChI is InChI=1S/C20H19FN2O4/c1-2-27-20(26)13-3-7-16(8-4-13)22-19(25)14-11-18(24)23(12-14)17-9-5-15(21)6-10-17/h3-10,14H,2,11-12H2,1H3,(H,22,25)/t14-/m0/s1. The Bertz CT molecular complexity index is 849. The van der Waals surface area contributed by atoms with E-state index in [-0.39, 0.29) is 37.2 Å². The van der Waals surface area contributed by atoms with Gasteiger partial charge < -0.3 is 15.0 Å². The van der Waals surface area contributed by atoms with E-state index in [4.69, 9.17) is 4.74 Å². The number of esters is 1. The molecule has 1 aliphatic heterocycles. The minimum Gasteiger partial charge on any atom is -0.462 e. The quantitative estimate of drug-likeness (QED) is 0.821. The first-order valence-corrected chi connectivity index (χ1v) is 8.62. The molecule has 2 aromatic rings. The average molecular weight is 370 g/mol. The van der Waals surface area contributed by atoms with Crippen LogP contribution in [-0.4, -0.2) is 30.9 Å². The number of nitrogens with one attached hydrogen (secondary N) is 1. The van der Waals surface area contributed by atoms with Crippen LogP contribution in [0.2, 0.25) is 0 Å². The van der Waals surface area contributed by atoms with Crippen LogP contribution in [0, 0.1) is 11.7 Å². The molecule has 3 rings (SSSR count). The fourth-order valence-corrected chi connectivity index (χ4v) is 2.90. The van der Waals surface area contributed by atoms with Gasteiger partial charge in [0.25, 0.3) is 0 Å². The van der Waals surface area contributed by atoms with Gasteiger partial charge in [-0.2, -0.15) is 0 Å². The molecule has 27 heavy (non-hydrogen) atoms. The lowest BCUT2D eigenvalue weighted by molar-refractivity contribution is -0.122. The van der Waals surface area contributed by atoms with Crippen LogP contribution >= 0.6 is 0 Å². The van der Waals surface area contributed by atoms with E-state index in [1.165, 1.54) is 29.2 Å². The summed E-state index contributed by atoms with van der Waals surface area (Å²) in [6.07, 6.45) is 0.0874. The second-order valence-corrected chi connectivity index (χ2v) is 6.17. The zero-order chi connectivity index (χ0) is 19.4. The van der Waals surface area contributed by atoms with Crippen molar-refractivity contribution in [3.8, 4) is 0 Å². The topological polar surface area (TPSA) is 75.7 Å². The molecule has 0 aromatic heterocycles. The number of amides is 2. The molecule has 0 unspecified atom stereocenters. The first-order valence-electron chi connectivity index (χ1n) is 8.62. The molecule has 7 heteroatoms. The van der Waals surface area contributed by atoms with Crippen molar-refractivity contribution in [2.45, 2.75) is 13.3 Å². The molecular formula is C20H19FN2O4. The van der Waals surface area contributed by atoms with Crippen LogP contribution in [0.3, 0.4) is 0 Å². The van der Waals surface area contributed by atoms with Crippen molar-refractivity contribution in [3.63, 3.8) is 0 Å². The normalized spacial score (nSPS) is 16.3. The lowest BCUT2D eigenvalue weighted by Gasteiger charge is -2.16. The van der Waals surface area contributed by atoms with Crippen molar-refractivity contribution >= 4 is 29.2 Å². The van der Waals surface area contributed by atoms with Gasteiger partial charge in [-0.1, -0.05) is 0 Å². The SMILES string of the molecule is CCOC(=O)c1ccc(NC(=O)[C@H]2CC(=O)N(c3ccc(F)cc3)C2)cc1. The fourth-order valence-electron chi connectivity index (χ4n) is 2.90. The zero-order valence-electron chi connectivity index (χ0n) is 14.8. The van der Waals surface area contributed by atoms with E-state index < -0.39 is 11.9 Å². The van der Waals surface area contributed by atoms with Crippen LogP contribution in [0.25, 0.3) is 0 Å². The summed E-state index contributed by atoms with van der Waals surface area (Å²) in [6.45, 7) is 2.25. The first kappa shape index (κ1) is 18.6. The molecule has 2 aromatic carbocycles. The molecule has 1 N–H and O–H groups in total. The molecule has 2 amide bonds. The van der Waals surface area contributed by atoms with Gasteiger partial charge >= 0.3 is 5.97 Å². The van der Waals surface area contributed by atoms with E-state index in [0.29, 0.717) is 16.9 Å². The summed E-state index contributed by atoms with van der Waals surface area (Å²) in [5.41, 5.74) is 1.49. The average Bonchev–Trinajstić information content (AvgIpc) is 3.05. The molecule has 1 heterocycles. The predicted molar refractivity (Wildman–Crippen MR) is 97.9 cm³/mol. The van der Waals surface area contributed by atoms with Gasteiger partial charge in [0.05, 0.1) is 18.1 Å². The van der Waals surface area contributed by atoms with Crippen LogP contribution < -0.4 is 10.2 Å². The first-order chi connectivity index (χ1) is 13.0. The minimum atomic E-state index is -0.507. The Kier molecular flexibility index (Phi) is 5.49. The number of nitrogens with zero attached hydrogens (tertiary/aromatic N) is 1. The minimum absolute atomic E-state index is 0.0874. The van der Waals surface area contributed by atoms with Gasteiger partial charge in [-0.15, -0.1) is 0 Å². The summed E-state index contributed by atoms with van der Waals surface area (Å²) < 4.78 is 18.0. The molecule has 1 aliphatic rings. The van der Waals surface area contributed by atoms with Gasteiger partial charge in [0, 0.05) is 24.3 Å². The van der Waals surface area contributed by atoms with Crippen LogP contribution in [-0.2, 0) is 14.3 Å². The summed E-state index contributed by atoms with van der Waals surface area (Å²) in [5, 5.41) is 2.75. The van der Waals surface area contributed by atoms with Gasteiger partial charge in [-0.25, -0.2) is 9.18 Å². The van der Waals surface area contributed by atoms with Gasteiger partial charge in [0.15, 0.2) is 0 Å². The lowest BCUT2D eigenvalue weighted by Crippen LogP contribution is -2.28. The Morgan fingerprint density at radius 1 is 1.15 bits per heavy atom. The molecule has 140 valence electrons. The van der Waals surface area contributed by atoms with E-state index in [9.17, 15) is 18.8 Å². The van der Waals surface area contributed by atoms with Crippen molar-refractivity contribution < 1.29 is 23.5 Å². The maximum atomic E-state index is 13.0. The molecule has 1 saturated heterocycles. The zero-order valence-corrected chi connectivity index (χ0v) is 14.8.